The number of aromatic nitrogens is 1. The van der Waals surface area contributed by atoms with Gasteiger partial charge in [0.2, 0.25) is 5.91 Å². The molecule has 2 rings (SSSR count). The van der Waals surface area contributed by atoms with Crippen molar-refractivity contribution >= 4 is 11.9 Å². The number of amides is 1. The van der Waals surface area contributed by atoms with E-state index in [0.717, 1.165) is 38.2 Å². The first kappa shape index (κ1) is 15.3. The van der Waals surface area contributed by atoms with Crippen molar-refractivity contribution in [1.29, 1.82) is 0 Å². The van der Waals surface area contributed by atoms with Crippen LogP contribution in [0.15, 0.2) is 29.4 Å². The molecule has 21 heavy (non-hydrogen) atoms. The van der Waals surface area contributed by atoms with Crippen LogP contribution in [0.25, 0.3) is 0 Å². The molecule has 0 aromatic carbocycles. The Hall–Kier alpha value is -2.11. The predicted molar refractivity (Wildman–Crippen MR) is 82.9 cm³/mol. The molecule has 0 saturated carbocycles. The van der Waals surface area contributed by atoms with E-state index in [9.17, 15) is 4.79 Å². The molecule has 1 saturated heterocycles. The zero-order chi connectivity index (χ0) is 14.9. The van der Waals surface area contributed by atoms with E-state index >= 15 is 0 Å². The molecule has 1 amide bonds. The van der Waals surface area contributed by atoms with E-state index in [0.29, 0.717) is 12.5 Å². The van der Waals surface area contributed by atoms with Crippen molar-refractivity contribution in [1.82, 2.24) is 20.5 Å². The molecule has 2 heterocycles. The summed E-state index contributed by atoms with van der Waals surface area (Å²) in [5.74, 6) is 0.784. The lowest BCUT2D eigenvalue weighted by Crippen LogP contribution is -2.44. The van der Waals surface area contributed by atoms with Gasteiger partial charge in [0.25, 0.3) is 0 Å². The molecular formula is C15H23N5O. The van der Waals surface area contributed by atoms with Gasteiger partial charge in [0.05, 0.1) is 18.8 Å². The van der Waals surface area contributed by atoms with Gasteiger partial charge in [-0.15, -0.1) is 0 Å². The molecule has 1 aromatic heterocycles. The van der Waals surface area contributed by atoms with Crippen LogP contribution in [0, 0.1) is 0 Å². The van der Waals surface area contributed by atoms with Crippen molar-refractivity contribution < 1.29 is 4.79 Å². The highest BCUT2D eigenvalue weighted by Crippen LogP contribution is 2.06. The van der Waals surface area contributed by atoms with E-state index in [1.54, 1.807) is 6.20 Å². The monoisotopic (exact) mass is 289 g/mol. The second-order valence-electron chi connectivity index (χ2n) is 4.96. The van der Waals surface area contributed by atoms with E-state index in [4.69, 9.17) is 0 Å². The lowest BCUT2D eigenvalue weighted by Gasteiger charge is -2.17. The lowest BCUT2D eigenvalue weighted by atomic mass is 10.3. The first-order valence-corrected chi connectivity index (χ1v) is 7.49. The summed E-state index contributed by atoms with van der Waals surface area (Å²) in [6.45, 7) is 5.29. The van der Waals surface area contributed by atoms with E-state index in [1.165, 1.54) is 0 Å². The Balaban J connectivity index is 1.84. The largest absolute Gasteiger partial charge is 0.357 e. The predicted octanol–water partition coefficient (Wildman–Crippen LogP) is 0.759. The molecule has 0 bridgehead atoms. The summed E-state index contributed by atoms with van der Waals surface area (Å²) in [5, 5.41) is 6.23. The Morgan fingerprint density at radius 1 is 1.33 bits per heavy atom. The summed E-state index contributed by atoms with van der Waals surface area (Å²) in [7, 11) is 0. The van der Waals surface area contributed by atoms with Crippen molar-refractivity contribution in [3.63, 3.8) is 0 Å². The fourth-order valence-electron chi connectivity index (χ4n) is 2.23. The molecule has 114 valence electrons. The fourth-order valence-corrected chi connectivity index (χ4v) is 2.23. The Kier molecular flexibility index (Phi) is 5.99. The number of nitrogens with zero attached hydrogens (tertiary/aromatic N) is 3. The minimum absolute atomic E-state index is 0.135. The zero-order valence-electron chi connectivity index (χ0n) is 12.5. The van der Waals surface area contributed by atoms with Crippen molar-refractivity contribution in [2.24, 2.45) is 4.99 Å². The summed E-state index contributed by atoms with van der Waals surface area (Å²) < 4.78 is 0. The highest BCUT2D eigenvalue weighted by molar-refractivity contribution is 5.86. The number of guanidine groups is 1. The third kappa shape index (κ3) is 5.06. The van der Waals surface area contributed by atoms with Gasteiger partial charge in [0.15, 0.2) is 5.96 Å². The van der Waals surface area contributed by atoms with Gasteiger partial charge < -0.3 is 15.5 Å². The first-order valence-electron chi connectivity index (χ1n) is 7.49. The maximum absolute atomic E-state index is 12.0. The average molecular weight is 289 g/mol. The molecule has 0 spiro atoms. The average Bonchev–Trinajstić information content (AvgIpc) is 3.05. The SMILES string of the molecule is CCNC(=NCc1ccccn1)NCC(=O)N1CCCC1. The topological polar surface area (TPSA) is 69.6 Å². The van der Waals surface area contributed by atoms with Crippen LogP contribution in [-0.2, 0) is 11.3 Å². The molecule has 0 atom stereocenters. The Bertz CT molecular complexity index is 468. The van der Waals surface area contributed by atoms with Crippen molar-refractivity contribution in [2.75, 3.05) is 26.2 Å². The van der Waals surface area contributed by atoms with E-state index in [1.807, 2.05) is 30.0 Å². The number of nitrogens with one attached hydrogen (secondary N) is 2. The van der Waals surface area contributed by atoms with Crippen LogP contribution in [0.4, 0.5) is 0 Å². The van der Waals surface area contributed by atoms with Gasteiger partial charge in [-0.25, -0.2) is 4.99 Å². The van der Waals surface area contributed by atoms with Crippen LogP contribution in [0.3, 0.4) is 0 Å². The summed E-state index contributed by atoms with van der Waals surface area (Å²) in [6, 6.07) is 5.75. The van der Waals surface area contributed by atoms with Crippen molar-refractivity contribution in [3.05, 3.63) is 30.1 Å². The summed E-state index contributed by atoms with van der Waals surface area (Å²) >= 11 is 0. The number of rotatable bonds is 5. The molecule has 6 nitrogen and oxygen atoms in total. The number of likely N-dealkylation sites (tertiary alicyclic amines) is 1. The smallest absolute Gasteiger partial charge is 0.241 e. The number of carbonyl (C=O) groups is 1. The van der Waals surface area contributed by atoms with Crippen molar-refractivity contribution in [2.45, 2.75) is 26.3 Å². The fraction of sp³-hybridized carbons (Fsp3) is 0.533. The third-order valence-electron chi connectivity index (χ3n) is 3.34. The molecule has 2 N–H and O–H groups in total. The van der Waals surface area contributed by atoms with E-state index < -0.39 is 0 Å². The van der Waals surface area contributed by atoms with Crippen LogP contribution in [0.1, 0.15) is 25.5 Å². The minimum Gasteiger partial charge on any atom is -0.357 e. The van der Waals surface area contributed by atoms with Crippen LogP contribution < -0.4 is 10.6 Å². The highest BCUT2D eigenvalue weighted by atomic mass is 16.2. The molecular weight excluding hydrogens is 266 g/mol. The zero-order valence-corrected chi connectivity index (χ0v) is 12.5. The maximum Gasteiger partial charge on any atom is 0.241 e. The highest BCUT2D eigenvalue weighted by Gasteiger charge is 2.17. The lowest BCUT2D eigenvalue weighted by molar-refractivity contribution is -0.128. The maximum atomic E-state index is 12.0. The number of hydrogen-bond donors (Lipinski definition) is 2. The molecule has 0 radical (unpaired) electrons. The van der Waals surface area contributed by atoms with Crippen LogP contribution in [-0.4, -0.2) is 47.9 Å². The minimum atomic E-state index is 0.135. The van der Waals surface area contributed by atoms with Crippen LogP contribution >= 0.6 is 0 Å². The van der Waals surface area contributed by atoms with Gasteiger partial charge in [0.1, 0.15) is 0 Å². The van der Waals surface area contributed by atoms with Crippen molar-refractivity contribution in [3.8, 4) is 0 Å². The molecule has 0 aliphatic carbocycles. The first-order chi connectivity index (χ1) is 10.3. The van der Waals surface area contributed by atoms with Gasteiger partial charge >= 0.3 is 0 Å². The van der Waals surface area contributed by atoms with Crippen LogP contribution in [0.2, 0.25) is 0 Å². The number of hydrogen-bond acceptors (Lipinski definition) is 3. The summed E-state index contributed by atoms with van der Waals surface area (Å²) in [4.78, 5) is 22.6. The molecule has 1 aromatic rings. The molecule has 6 heteroatoms. The summed E-state index contributed by atoms with van der Waals surface area (Å²) in [5.41, 5.74) is 0.903. The molecule has 1 fully saturated rings. The Morgan fingerprint density at radius 2 is 2.14 bits per heavy atom. The second kappa shape index (κ2) is 8.24. The standard InChI is InChI=1S/C15H23N5O/c1-2-16-15(18-11-13-7-3-4-8-17-13)19-12-14(21)20-9-5-6-10-20/h3-4,7-8H,2,5-6,9-12H2,1H3,(H2,16,18,19). The van der Waals surface area contributed by atoms with Gasteiger partial charge in [-0.05, 0) is 31.9 Å². The Labute approximate surface area is 125 Å². The van der Waals surface area contributed by atoms with Crippen LogP contribution in [0.5, 0.6) is 0 Å². The normalized spacial score (nSPS) is 15.1. The molecule has 1 aliphatic rings. The quantitative estimate of drug-likeness (QED) is 0.620. The van der Waals surface area contributed by atoms with Gasteiger partial charge in [-0.2, -0.15) is 0 Å². The molecule has 0 unspecified atom stereocenters. The number of carbonyl (C=O) groups excluding carboxylic acids is 1. The Morgan fingerprint density at radius 3 is 2.81 bits per heavy atom. The molecule has 1 aliphatic heterocycles. The third-order valence-corrected chi connectivity index (χ3v) is 3.34. The second-order valence-corrected chi connectivity index (χ2v) is 4.96. The van der Waals surface area contributed by atoms with E-state index in [-0.39, 0.29) is 12.5 Å². The van der Waals surface area contributed by atoms with E-state index in [2.05, 4.69) is 20.6 Å². The van der Waals surface area contributed by atoms with Gasteiger partial charge in [-0.1, -0.05) is 6.07 Å². The number of aliphatic imine (C=N–C) groups is 1. The summed E-state index contributed by atoms with van der Waals surface area (Å²) in [6.07, 6.45) is 3.97. The van der Waals surface area contributed by atoms with Gasteiger partial charge in [-0.3, -0.25) is 9.78 Å². The number of pyridine rings is 1. The van der Waals surface area contributed by atoms with Gasteiger partial charge in [0, 0.05) is 25.8 Å².